The van der Waals surface area contributed by atoms with Crippen LogP contribution in [0.4, 0.5) is 0 Å². The van der Waals surface area contributed by atoms with Crippen molar-refractivity contribution in [2.75, 3.05) is 0 Å². The third kappa shape index (κ3) is 2.57. The van der Waals surface area contributed by atoms with E-state index in [1.165, 1.54) is 29.1 Å². The van der Waals surface area contributed by atoms with Crippen molar-refractivity contribution in [1.82, 2.24) is 9.78 Å². The highest BCUT2D eigenvalue weighted by Gasteiger charge is 2.08. The van der Waals surface area contributed by atoms with Crippen molar-refractivity contribution >= 4 is 17.6 Å². The van der Waals surface area contributed by atoms with E-state index < -0.39 is 5.97 Å². The van der Waals surface area contributed by atoms with Crippen molar-refractivity contribution in [1.29, 1.82) is 0 Å². The SMILES string of the molecule is O=C(O)c1ccc(Cn2ncccc2=O)c(Cl)c1. The first kappa shape index (κ1) is 12.3. The zero-order valence-corrected chi connectivity index (χ0v) is 9.96. The molecule has 0 aliphatic carbocycles. The lowest BCUT2D eigenvalue weighted by atomic mass is 10.1. The highest BCUT2D eigenvalue weighted by molar-refractivity contribution is 6.31. The van der Waals surface area contributed by atoms with E-state index in [-0.39, 0.29) is 17.7 Å². The average molecular weight is 265 g/mol. The van der Waals surface area contributed by atoms with Crippen LogP contribution in [0, 0.1) is 0 Å². The van der Waals surface area contributed by atoms with Crippen LogP contribution in [0.5, 0.6) is 0 Å². The molecule has 0 atom stereocenters. The van der Waals surface area contributed by atoms with E-state index in [2.05, 4.69) is 5.10 Å². The van der Waals surface area contributed by atoms with Crippen molar-refractivity contribution in [3.8, 4) is 0 Å². The number of hydrogen-bond donors (Lipinski definition) is 1. The van der Waals surface area contributed by atoms with Gasteiger partial charge in [-0.3, -0.25) is 4.79 Å². The molecule has 0 bridgehead atoms. The van der Waals surface area contributed by atoms with Gasteiger partial charge in [0.1, 0.15) is 0 Å². The Morgan fingerprint density at radius 2 is 2.17 bits per heavy atom. The van der Waals surface area contributed by atoms with Gasteiger partial charge in [-0.15, -0.1) is 0 Å². The summed E-state index contributed by atoms with van der Waals surface area (Å²) in [6.45, 7) is 0.207. The lowest BCUT2D eigenvalue weighted by molar-refractivity contribution is 0.0697. The first-order chi connectivity index (χ1) is 8.58. The first-order valence-electron chi connectivity index (χ1n) is 5.12. The highest BCUT2D eigenvalue weighted by Crippen LogP contribution is 2.18. The maximum absolute atomic E-state index is 11.5. The molecule has 5 nitrogen and oxygen atoms in total. The van der Waals surface area contributed by atoms with Crippen LogP contribution in [-0.2, 0) is 6.54 Å². The fourth-order valence-corrected chi connectivity index (χ4v) is 1.72. The molecule has 0 radical (unpaired) electrons. The van der Waals surface area contributed by atoms with Crippen LogP contribution in [0.1, 0.15) is 15.9 Å². The van der Waals surface area contributed by atoms with E-state index in [9.17, 15) is 9.59 Å². The molecule has 0 saturated carbocycles. The second kappa shape index (κ2) is 5.01. The first-order valence-corrected chi connectivity index (χ1v) is 5.49. The number of nitrogens with zero attached hydrogens (tertiary/aromatic N) is 2. The Hall–Kier alpha value is -2.14. The zero-order chi connectivity index (χ0) is 13.1. The number of benzene rings is 1. The second-order valence-corrected chi connectivity index (χ2v) is 4.04. The molecule has 0 aliphatic heterocycles. The minimum Gasteiger partial charge on any atom is -0.478 e. The van der Waals surface area contributed by atoms with E-state index in [1.54, 1.807) is 12.1 Å². The summed E-state index contributed by atoms with van der Waals surface area (Å²) in [4.78, 5) is 22.2. The predicted octanol–water partition coefficient (Wildman–Crippen LogP) is 1.64. The summed E-state index contributed by atoms with van der Waals surface area (Å²) in [7, 11) is 0. The van der Waals surface area contributed by atoms with Gasteiger partial charge in [0.05, 0.1) is 12.1 Å². The van der Waals surface area contributed by atoms with Gasteiger partial charge in [0.25, 0.3) is 5.56 Å². The molecule has 92 valence electrons. The maximum Gasteiger partial charge on any atom is 0.335 e. The van der Waals surface area contributed by atoms with E-state index in [0.29, 0.717) is 10.6 Å². The quantitative estimate of drug-likeness (QED) is 0.915. The number of halogens is 1. The van der Waals surface area contributed by atoms with Gasteiger partial charge in [0.15, 0.2) is 0 Å². The number of carboxylic acids is 1. The van der Waals surface area contributed by atoms with Gasteiger partial charge in [-0.25, -0.2) is 9.48 Å². The molecule has 1 aromatic heterocycles. The maximum atomic E-state index is 11.5. The van der Waals surface area contributed by atoms with Crippen LogP contribution in [0.2, 0.25) is 5.02 Å². The molecule has 18 heavy (non-hydrogen) atoms. The predicted molar refractivity (Wildman–Crippen MR) is 66.0 cm³/mol. The van der Waals surface area contributed by atoms with E-state index in [0.717, 1.165) is 0 Å². The smallest absolute Gasteiger partial charge is 0.335 e. The van der Waals surface area contributed by atoms with Crippen LogP contribution in [0.25, 0.3) is 0 Å². The van der Waals surface area contributed by atoms with Gasteiger partial charge in [-0.05, 0) is 23.8 Å². The van der Waals surface area contributed by atoms with Crippen LogP contribution < -0.4 is 5.56 Å². The van der Waals surface area contributed by atoms with Crippen LogP contribution in [0.15, 0.2) is 41.3 Å². The molecule has 0 spiro atoms. The molecule has 0 aliphatic rings. The fourth-order valence-electron chi connectivity index (χ4n) is 1.48. The van der Waals surface area contributed by atoms with Crippen LogP contribution in [-0.4, -0.2) is 20.9 Å². The molecule has 1 N–H and O–H groups in total. The van der Waals surface area contributed by atoms with E-state index >= 15 is 0 Å². The van der Waals surface area contributed by atoms with Crippen LogP contribution in [0.3, 0.4) is 0 Å². The average Bonchev–Trinajstić information content (AvgIpc) is 2.34. The zero-order valence-electron chi connectivity index (χ0n) is 9.21. The molecule has 6 heteroatoms. The Bertz CT molecular complexity index is 652. The Morgan fingerprint density at radius 1 is 1.39 bits per heavy atom. The highest BCUT2D eigenvalue weighted by atomic mass is 35.5. The molecule has 1 heterocycles. The van der Waals surface area contributed by atoms with Gasteiger partial charge >= 0.3 is 5.97 Å². The molecule has 0 fully saturated rings. The lowest BCUT2D eigenvalue weighted by Gasteiger charge is -2.06. The number of rotatable bonds is 3. The van der Waals surface area contributed by atoms with Gasteiger partial charge in [-0.2, -0.15) is 5.10 Å². The number of carboxylic acid groups (broad SMARTS) is 1. The van der Waals surface area contributed by atoms with E-state index in [4.69, 9.17) is 16.7 Å². The molecule has 2 rings (SSSR count). The van der Waals surface area contributed by atoms with Gasteiger partial charge in [0.2, 0.25) is 0 Å². The minimum absolute atomic E-state index is 0.108. The normalized spacial score (nSPS) is 10.3. The molecule has 2 aromatic rings. The Labute approximate surface area is 107 Å². The Morgan fingerprint density at radius 3 is 2.78 bits per heavy atom. The largest absolute Gasteiger partial charge is 0.478 e. The fraction of sp³-hybridized carbons (Fsp3) is 0.0833. The number of carbonyl (C=O) groups is 1. The van der Waals surface area contributed by atoms with Gasteiger partial charge in [-0.1, -0.05) is 17.7 Å². The molecule has 1 aromatic carbocycles. The van der Waals surface area contributed by atoms with Crippen molar-refractivity contribution in [2.24, 2.45) is 0 Å². The Balaban J connectivity index is 2.33. The summed E-state index contributed by atoms with van der Waals surface area (Å²) in [6, 6.07) is 7.32. The molecular formula is C12H9ClN2O3. The summed E-state index contributed by atoms with van der Waals surface area (Å²) in [5.41, 5.74) is 0.510. The van der Waals surface area contributed by atoms with Crippen molar-refractivity contribution in [2.45, 2.75) is 6.54 Å². The lowest BCUT2D eigenvalue weighted by Crippen LogP contribution is -2.21. The Kier molecular flexibility index (Phi) is 3.43. The third-order valence-electron chi connectivity index (χ3n) is 2.41. The monoisotopic (exact) mass is 264 g/mol. The van der Waals surface area contributed by atoms with Gasteiger partial charge in [0, 0.05) is 17.3 Å². The summed E-state index contributed by atoms with van der Waals surface area (Å²) in [5.74, 6) is -1.04. The van der Waals surface area contributed by atoms with Crippen LogP contribution >= 0.6 is 11.6 Å². The second-order valence-electron chi connectivity index (χ2n) is 3.63. The van der Waals surface area contributed by atoms with Crippen molar-refractivity contribution in [3.63, 3.8) is 0 Å². The summed E-state index contributed by atoms with van der Waals surface area (Å²) < 4.78 is 1.25. The number of aromatic carboxylic acids is 1. The standard InChI is InChI=1S/C12H9ClN2O3/c13-10-6-8(12(17)18)3-4-9(10)7-15-11(16)2-1-5-14-15/h1-6H,7H2,(H,17,18). The third-order valence-corrected chi connectivity index (χ3v) is 2.76. The van der Waals surface area contributed by atoms with Crippen molar-refractivity contribution in [3.05, 3.63) is 63.0 Å². The molecule has 0 amide bonds. The molecule has 0 saturated heterocycles. The molecular weight excluding hydrogens is 256 g/mol. The van der Waals surface area contributed by atoms with Gasteiger partial charge < -0.3 is 5.11 Å². The topological polar surface area (TPSA) is 72.2 Å². The number of aromatic nitrogens is 2. The summed E-state index contributed by atoms with van der Waals surface area (Å²) >= 11 is 5.97. The summed E-state index contributed by atoms with van der Waals surface area (Å²) in [5, 5.41) is 13.0. The summed E-state index contributed by atoms with van der Waals surface area (Å²) in [6.07, 6.45) is 1.50. The minimum atomic E-state index is -1.04. The van der Waals surface area contributed by atoms with Crippen molar-refractivity contribution < 1.29 is 9.90 Å². The van der Waals surface area contributed by atoms with E-state index in [1.807, 2.05) is 0 Å². The molecule has 0 unspecified atom stereocenters. The number of hydrogen-bond acceptors (Lipinski definition) is 3.